The van der Waals surface area contributed by atoms with E-state index in [-0.39, 0.29) is 17.7 Å². The van der Waals surface area contributed by atoms with Crippen LogP contribution >= 0.6 is 11.8 Å². The fourth-order valence-electron chi connectivity index (χ4n) is 4.76. The minimum Gasteiger partial charge on any atom is -0.306 e. The van der Waals surface area contributed by atoms with Gasteiger partial charge < -0.3 is 4.57 Å². The Bertz CT molecular complexity index is 1410. The number of nitrogens with zero attached hydrogens (tertiary/aromatic N) is 5. The number of benzene rings is 3. The van der Waals surface area contributed by atoms with Gasteiger partial charge in [0.05, 0.1) is 17.5 Å². The van der Waals surface area contributed by atoms with Crippen LogP contribution in [0.2, 0.25) is 0 Å². The average Bonchev–Trinajstić information content (AvgIpc) is 3.51. The summed E-state index contributed by atoms with van der Waals surface area (Å²) in [5.41, 5.74) is 3.10. The first-order valence-corrected chi connectivity index (χ1v) is 13.2. The summed E-state index contributed by atoms with van der Waals surface area (Å²) in [6, 6.07) is 24.8. The standard InChI is InChI=1S/C28H27N5OS/c1-2-32-27(21-13-14-21)29-30-28(32)35-18-26(34)33-25(20-9-4-3-5-10-20)17-24(31-33)23-15-12-19-8-6-7-11-22(19)16-23/h3-12,15-16,21,25H,2,13-14,17-18H2,1H3. The van der Waals surface area contributed by atoms with Gasteiger partial charge in [0.25, 0.3) is 5.91 Å². The van der Waals surface area contributed by atoms with E-state index in [2.05, 4.69) is 64.2 Å². The molecule has 1 atom stereocenters. The first-order valence-electron chi connectivity index (χ1n) is 12.2. The number of rotatable bonds is 7. The zero-order valence-electron chi connectivity index (χ0n) is 19.7. The second-order valence-corrected chi connectivity index (χ2v) is 10.1. The van der Waals surface area contributed by atoms with Gasteiger partial charge in [-0.2, -0.15) is 5.10 Å². The molecule has 1 aliphatic carbocycles. The minimum absolute atomic E-state index is 0.0155. The van der Waals surface area contributed by atoms with Crippen LogP contribution in [0, 0.1) is 0 Å². The molecule has 1 saturated carbocycles. The highest BCUT2D eigenvalue weighted by atomic mass is 32.2. The summed E-state index contributed by atoms with van der Waals surface area (Å²) in [5.74, 6) is 1.85. The number of carbonyl (C=O) groups is 1. The van der Waals surface area contributed by atoms with Crippen molar-refractivity contribution in [1.29, 1.82) is 0 Å². The number of carbonyl (C=O) groups excluding carboxylic acids is 1. The number of fused-ring (bicyclic) bond motifs is 1. The van der Waals surface area contributed by atoms with Crippen molar-refractivity contribution in [3.05, 3.63) is 89.7 Å². The minimum atomic E-state index is -0.114. The molecule has 6 nitrogen and oxygen atoms in total. The smallest absolute Gasteiger partial charge is 0.253 e. The lowest BCUT2D eigenvalue weighted by Crippen LogP contribution is -2.28. The summed E-state index contributed by atoms with van der Waals surface area (Å²) >= 11 is 1.46. The van der Waals surface area contributed by atoms with Gasteiger partial charge in [0.15, 0.2) is 5.16 Å². The molecule has 1 amide bonds. The third-order valence-electron chi connectivity index (χ3n) is 6.76. The number of hydrogen-bond acceptors (Lipinski definition) is 5. The van der Waals surface area contributed by atoms with Gasteiger partial charge in [-0.05, 0) is 47.7 Å². The zero-order chi connectivity index (χ0) is 23.8. The summed E-state index contributed by atoms with van der Waals surface area (Å²) < 4.78 is 2.15. The van der Waals surface area contributed by atoms with Crippen LogP contribution < -0.4 is 0 Å². The molecule has 0 N–H and O–H groups in total. The monoisotopic (exact) mass is 481 g/mol. The molecule has 4 aromatic rings. The van der Waals surface area contributed by atoms with E-state index in [1.165, 1.54) is 35.4 Å². The summed E-state index contributed by atoms with van der Waals surface area (Å²) in [5, 5.41) is 18.5. The van der Waals surface area contributed by atoms with Crippen LogP contribution in [0.5, 0.6) is 0 Å². The molecule has 3 aromatic carbocycles. The zero-order valence-corrected chi connectivity index (χ0v) is 20.5. The Kier molecular flexibility index (Phi) is 5.86. The Morgan fingerprint density at radius 2 is 1.74 bits per heavy atom. The van der Waals surface area contributed by atoms with Crippen molar-refractivity contribution in [2.75, 3.05) is 5.75 Å². The molecular formula is C28H27N5OS. The van der Waals surface area contributed by atoms with Gasteiger partial charge in [-0.1, -0.05) is 78.5 Å². The highest BCUT2D eigenvalue weighted by Gasteiger charge is 2.34. The number of aromatic nitrogens is 3. The molecule has 35 heavy (non-hydrogen) atoms. The summed E-state index contributed by atoms with van der Waals surface area (Å²) in [6.45, 7) is 2.92. The largest absolute Gasteiger partial charge is 0.306 e. The molecular weight excluding hydrogens is 454 g/mol. The summed E-state index contributed by atoms with van der Waals surface area (Å²) in [7, 11) is 0. The van der Waals surface area contributed by atoms with Crippen LogP contribution in [0.25, 0.3) is 10.8 Å². The SMILES string of the molecule is CCn1c(SCC(=O)N2N=C(c3ccc4ccccc4c3)CC2c2ccccc2)nnc1C1CC1. The van der Waals surface area contributed by atoms with Crippen molar-refractivity contribution in [2.45, 2.75) is 49.8 Å². The maximum absolute atomic E-state index is 13.5. The molecule has 1 unspecified atom stereocenters. The lowest BCUT2D eigenvalue weighted by molar-refractivity contribution is -0.130. The van der Waals surface area contributed by atoms with E-state index in [0.717, 1.165) is 34.4 Å². The van der Waals surface area contributed by atoms with E-state index in [9.17, 15) is 4.79 Å². The highest BCUT2D eigenvalue weighted by Crippen LogP contribution is 2.40. The molecule has 1 aromatic heterocycles. The quantitative estimate of drug-likeness (QED) is 0.313. The van der Waals surface area contributed by atoms with Gasteiger partial charge >= 0.3 is 0 Å². The lowest BCUT2D eigenvalue weighted by Gasteiger charge is -2.21. The summed E-state index contributed by atoms with van der Waals surface area (Å²) in [6.07, 6.45) is 3.05. The van der Waals surface area contributed by atoms with Crippen LogP contribution in [0.4, 0.5) is 0 Å². The number of hydrogen-bond donors (Lipinski definition) is 0. The fourth-order valence-corrected chi connectivity index (χ4v) is 5.62. The first-order chi connectivity index (χ1) is 17.2. The number of amides is 1. The molecule has 176 valence electrons. The topological polar surface area (TPSA) is 63.4 Å². The van der Waals surface area contributed by atoms with E-state index in [0.29, 0.717) is 12.3 Å². The van der Waals surface area contributed by atoms with Crippen LogP contribution in [-0.4, -0.2) is 37.1 Å². The van der Waals surface area contributed by atoms with Crippen molar-refractivity contribution in [2.24, 2.45) is 5.10 Å². The Labute approximate surface area is 209 Å². The van der Waals surface area contributed by atoms with Crippen molar-refractivity contribution < 1.29 is 4.79 Å². The predicted octanol–water partition coefficient (Wildman–Crippen LogP) is 5.80. The molecule has 1 fully saturated rings. The van der Waals surface area contributed by atoms with Crippen LogP contribution in [-0.2, 0) is 11.3 Å². The Morgan fingerprint density at radius 3 is 2.51 bits per heavy atom. The second kappa shape index (κ2) is 9.30. The van der Waals surface area contributed by atoms with Crippen molar-refractivity contribution in [3.63, 3.8) is 0 Å². The van der Waals surface area contributed by atoms with E-state index < -0.39 is 0 Å². The normalized spacial score (nSPS) is 17.7. The predicted molar refractivity (Wildman–Crippen MR) is 140 cm³/mol. The number of thioether (sulfide) groups is 1. The second-order valence-electron chi connectivity index (χ2n) is 9.13. The maximum Gasteiger partial charge on any atom is 0.253 e. The van der Waals surface area contributed by atoms with Crippen molar-refractivity contribution >= 4 is 34.2 Å². The highest BCUT2D eigenvalue weighted by molar-refractivity contribution is 7.99. The fraction of sp³-hybridized carbons (Fsp3) is 0.286. The third kappa shape index (κ3) is 4.36. The van der Waals surface area contributed by atoms with Crippen LogP contribution in [0.15, 0.2) is 83.1 Å². The molecule has 2 heterocycles. The van der Waals surface area contributed by atoms with Gasteiger partial charge in [0.1, 0.15) is 5.82 Å². The van der Waals surface area contributed by atoms with E-state index in [4.69, 9.17) is 5.10 Å². The van der Waals surface area contributed by atoms with Gasteiger partial charge in [0, 0.05) is 18.9 Å². The number of hydrazone groups is 1. The molecule has 2 aliphatic rings. The average molecular weight is 482 g/mol. The van der Waals surface area contributed by atoms with E-state index in [1.54, 1.807) is 5.01 Å². The molecule has 0 spiro atoms. The Morgan fingerprint density at radius 1 is 0.971 bits per heavy atom. The molecule has 0 bridgehead atoms. The van der Waals surface area contributed by atoms with Gasteiger partial charge in [-0.3, -0.25) is 4.79 Å². The van der Waals surface area contributed by atoms with Crippen LogP contribution in [0.1, 0.15) is 55.1 Å². The molecule has 1 aliphatic heterocycles. The first kappa shape index (κ1) is 22.0. The molecule has 0 saturated heterocycles. The van der Waals surface area contributed by atoms with Gasteiger partial charge in [0.2, 0.25) is 0 Å². The lowest BCUT2D eigenvalue weighted by atomic mass is 9.97. The molecule has 6 rings (SSSR count). The van der Waals surface area contributed by atoms with E-state index >= 15 is 0 Å². The molecule has 7 heteroatoms. The van der Waals surface area contributed by atoms with Crippen molar-refractivity contribution in [3.8, 4) is 0 Å². The van der Waals surface area contributed by atoms with E-state index in [1.807, 2.05) is 30.3 Å². The summed E-state index contributed by atoms with van der Waals surface area (Å²) in [4.78, 5) is 13.5. The van der Waals surface area contributed by atoms with Crippen LogP contribution in [0.3, 0.4) is 0 Å². The Hall–Kier alpha value is -3.45. The van der Waals surface area contributed by atoms with Crippen molar-refractivity contribution in [1.82, 2.24) is 19.8 Å². The maximum atomic E-state index is 13.5. The van der Waals surface area contributed by atoms with Gasteiger partial charge in [-0.15, -0.1) is 10.2 Å². The third-order valence-corrected chi connectivity index (χ3v) is 7.71. The van der Waals surface area contributed by atoms with Gasteiger partial charge in [-0.25, -0.2) is 5.01 Å². The molecule has 0 radical (unpaired) electrons. The Balaban J connectivity index is 1.27.